The van der Waals surface area contributed by atoms with Crippen molar-refractivity contribution in [2.75, 3.05) is 18.7 Å². The average Bonchev–Trinajstić information content (AvgIpc) is 3.13. The summed E-state index contributed by atoms with van der Waals surface area (Å²) < 4.78 is 15.3. The number of anilines is 1. The number of carboxylic acid groups (broad SMARTS) is 1. The Bertz CT molecular complexity index is 566. The maximum atomic E-state index is 11.6. The number of hydrogen-bond acceptors (Lipinski definition) is 5. The van der Waals surface area contributed by atoms with Crippen molar-refractivity contribution in [1.82, 2.24) is 0 Å². The van der Waals surface area contributed by atoms with Crippen molar-refractivity contribution in [3.63, 3.8) is 0 Å². The maximum Gasteiger partial charge on any atom is 0.411 e. The second kappa shape index (κ2) is 4.92. The minimum Gasteiger partial charge on any atom is -0.478 e. The van der Waals surface area contributed by atoms with Gasteiger partial charge in [0.1, 0.15) is 0 Å². The lowest BCUT2D eigenvalue weighted by Gasteiger charge is -2.10. The van der Waals surface area contributed by atoms with Crippen LogP contribution in [0.1, 0.15) is 23.2 Å². The van der Waals surface area contributed by atoms with E-state index in [0.29, 0.717) is 24.0 Å². The number of ether oxygens (including phenoxy) is 3. The highest BCUT2D eigenvalue weighted by molar-refractivity contribution is 5.99. The van der Waals surface area contributed by atoms with Gasteiger partial charge in [-0.3, -0.25) is 5.32 Å². The Balaban J connectivity index is 1.76. The molecule has 0 unspecified atom stereocenters. The second-order valence-electron chi connectivity index (χ2n) is 4.72. The quantitative estimate of drug-likeness (QED) is 0.876. The van der Waals surface area contributed by atoms with E-state index in [9.17, 15) is 9.59 Å². The SMILES string of the molecule is O=C(Nc1cc2c(cc1C(=O)O)OCO2)OCC1CC1. The lowest BCUT2D eigenvalue weighted by Crippen LogP contribution is -2.17. The third-order valence-electron chi connectivity index (χ3n) is 3.13. The predicted octanol–water partition coefficient (Wildman–Crippen LogP) is 2.07. The molecule has 0 saturated heterocycles. The summed E-state index contributed by atoms with van der Waals surface area (Å²) in [4.78, 5) is 22.8. The van der Waals surface area contributed by atoms with Gasteiger partial charge in [0.05, 0.1) is 17.9 Å². The summed E-state index contributed by atoms with van der Waals surface area (Å²) in [6.45, 7) is 0.392. The number of aromatic carboxylic acids is 1. The monoisotopic (exact) mass is 279 g/mol. The van der Waals surface area contributed by atoms with Gasteiger partial charge in [-0.1, -0.05) is 0 Å². The molecule has 1 amide bonds. The molecule has 20 heavy (non-hydrogen) atoms. The molecule has 106 valence electrons. The summed E-state index contributed by atoms with van der Waals surface area (Å²) in [7, 11) is 0. The lowest BCUT2D eigenvalue weighted by molar-refractivity contribution is 0.0697. The molecule has 3 rings (SSSR count). The Labute approximate surface area is 114 Å². The predicted molar refractivity (Wildman–Crippen MR) is 67.2 cm³/mol. The van der Waals surface area contributed by atoms with Crippen molar-refractivity contribution in [3.8, 4) is 11.5 Å². The third kappa shape index (κ3) is 2.61. The van der Waals surface area contributed by atoms with E-state index in [2.05, 4.69) is 5.32 Å². The number of benzene rings is 1. The molecule has 1 aliphatic carbocycles. The number of nitrogens with one attached hydrogen (secondary N) is 1. The van der Waals surface area contributed by atoms with Gasteiger partial charge in [-0.2, -0.15) is 0 Å². The summed E-state index contributed by atoms with van der Waals surface area (Å²) in [6, 6.07) is 2.74. The van der Waals surface area contributed by atoms with Crippen LogP contribution in [0.25, 0.3) is 0 Å². The van der Waals surface area contributed by atoms with Gasteiger partial charge in [0.25, 0.3) is 0 Å². The molecule has 2 aliphatic rings. The zero-order chi connectivity index (χ0) is 14.1. The van der Waals surface area contributed by atoms with E-state index in [1.54, 1.807) is 0 Å². The molecule has 1 heterocycles. The van der Waals surface area contributed by atoms with Gasteiger partial charge in [-0.05, 0) is 18.8 Å². The lowest BCUT2D eigenvalue weighted by atomic mass is 10.1. The summed E-state index contributed by atoms with van der Waals surface area (Å²) in [5, 5.41) is 11.6. The molecule has 1 aromatic carbocycles. The van der Waals surface area contributed by atoms with Crippen LogP contribution in [0.2, 0.25) is 0 Å². The number of hydrogen-bond donors (Lipinski definition) is 2. The molecule has 0 aromatic heterocycles. The third-order valence-corrected chi connectivity index (χ3v) is 3.13. The smallest absolute Gasteiger partial charge is 0.411 e. The van der Waals surface area contributed by atoms with Gasteiger partial charge in [0.2, 0.25) is 6.79 Å². The van der Waals surface area contributed by atoms with Crippen molar-refractivity contribution in [3.05, 3.63) is 17.7 Å². The normalized spacial score (nSPS) is 15.8. The zero-order valence-electron chi connectivity index (χ0n) is 10.5. The fraction of sp³-hybridized carbons (Fsp3) is 0.385. The number of rotatable bonds is 4. The molecule has 1 saturated carbocycles. The van der Waals surface area contributed by atoms with Crippen LogP contribution in [0, 0.1) is 5.92 Å². The molecule has 2 N–H and O–H groups in total. The van der Waals surface area contributed by atoms with E-state index in [1.807, 2.05) is 0 Å². The first-order valence-electron chi connectivity index (χ1n) is 6.24. The first-order chi connectivity index (χ1) is 9.63. The Hall–Kier alpha value is -2.44. The van der Waals surface area contributed by atoms with Crippen LogP contribution in [0.5, 0.6) is 11.5 Å². The van der Waals surface area contributed by atoms with Gasteiger partial charge < -0.3 is 19.3 Å². The number of carbonyl (C=O) groups excluding carboxylic acids is 1. The molecular weight excluding hydrogens is 266 g/mol. The van der Waals surface area contributed by atoms with Crippen molar-refractivity contribution in [2.24, 2.45) is 5.92 Å². The first-order valence-corrected chi connectivity index (χ1v) is 6.24. The van der Waals surface area contributed by atoms with E-state index in [1.165, 1.54) is 12.1 Å². The Morgan fingerprint density at radius 1 is 1.30 bits per heavy atom. The molecule has 1 aromatic rings. The number of fused-ring (bicyclic) bond motifs is 1. The van der Waals surface area contributed by atoms with Gasteiger partial charge in [-0.15, -0.1) is 0 Å². The average molecular weight is 279 g/mol. The van der Waals surface area contributed by atoms with Crippen LogP contribution < -0.4 is 14.8 Å². The highest BCUT2D eigenvalue weighted by atomic mass is 16.7. The summed E-state index contributed by atoms with van der Waals surface area (Å²) in [6.07, 6.45) is 1.47. The van der Waals surface area contributed by atoms with Gasteiger partial charge in [-0.25, -0.2) is 9.59 Å². The van der Waals surface area contributed by atoms with Crippen molar-refractivity contribution >= 4 is 17.7 Å². The van der Waals surface area contributed by atoms with Crippen molar-refractivity contribution < 1.29 is 28.9 Å². The molecule has 0 bridgehead atoms. The van der Waals surface area contributed by atoms with Crippen LogP contribution in [-0.2, 0) is 4.74 Å². The van der Waals surface area contributed by atoms with Crippen molar-refractivity contribution in [1.29, 1.82) is 0 Å². The van der Waals surface area contributed by atoms with Crippen LogP contribution >= 0.6 is 0 Å². The number of carboxylic acids is 1. The van der Waals surface area contributed by atoms with Gasteiger partial charge in [0, 0.05) is 12.1 Å². The van der Waals surface area contributed by atoms with Crippen LogP contribution in [0.3, 0.4) is 0 Å². The molecule has 1 fully saturated rings. The summed E-state index contributed by atoms with van der Waals surface area (Å²) >= 11 is 0. The van der Waals surface area contributed by atoms with Crippen LogP contribution in [0.4, 0.5) is 10.5 Å². The second-order valence-corrected chi connectivity index (χ2v) is 4.72. The van der Waals surface area contributed by atoms with E-state index in [4.69, 9.17) is 19.3 Å². The highest BCUT2D eigenvalue weighted by Crippen LogP contribution is 2.37. The van der Waals surface area contributed by atoms with Gasteiger partial charge in [0.15, 0.2) is 11.5 Å². The molecule has 0 atom stereocenters. The minimum atomic E-state index is -1.17. The molecular formula is C13H13NO6. The maximum absolute atomic E-state index is 11.6. The molecule has 0 spiro atoms. The van der Waals surface area contributed by atoms with Gasteiger partial charge >= 0.3 is 12.1 Å². The minimum absolute atomic E-state index is 0.0317. The largest absolute Gasteiger partial charge is 0.478 e. The molecule has 7 nitrogen and oxygen atoms in total. The number of amides is 1. The topological polar surface area (TPSA) is 94.1 Å². The number of carbonyl (C=O) groups is 2. The van der Waals surface area contributed by atoms with E-state index >= 15 is 0 Å². The first kappa shape index (κ1) is 12.6. The molecule has 0 radical (unpaired) electrons. The summed E-state index contributed by atoms with van der Waals surface area (Å²) in [5.41, 5.74) is 0.0557. The van der Waals surface area contributed by atoms with Crippen molar-refractivity contribution in [2.45, 2.75) is 12.8 Å². The van der Waals surface area contributed by atoms with Crippen LogP contribution in [-0.4, -0.2) is 30.6 Å². The molecule has 1 aliphatic heterocycles. The standard InChI is InChI=1S/C13H13NO6/c15-12(16)8-3-10-11(20-6-19-10)4-9(8)14-13(17)18-5-7-1-2-7/h3-4,7H,1-2,5-6H2,(H,14,17)(H,15,16). The Morgan fingerprint density at radius 3 is 2.65 bits per heavy atom. The Kier molecular flexibility index (Phi) is 3.09. The fourth-order valence-electron chi connectivity index (χ4n) is 1.85. The summed E-state index contributed by atoms with van der Waals surface area (Å²) in [5.74, 6) is 0.0176. The van der Waals surface area contributed by atoms with E-state index < -0.39 is 12.1 Å². The zero-order valence-corrected chi connectivity index (χ0v) is 10.5. The van der Waals surface area contributed by atoms with E-state index in [-0.39, 0.29) is 18.0 Å². The fourth-order valence-corrected chi connectivity index (χ4v) is 1.85. The van der Waals surface area contributed by atoms with E-state index in [0.717, 1.165) is 12.8 Å². The Morgan fingerprint density at radius 2 is 2.00 bits per heavy atom. The highest BCUT2D eigenvalue weighted by Gasteiger charge is 2.25. The van der Waals surface area contributed by atoms with Crippen LogP contribution in [0.15, 0.2) is 12.1 Å². The molecule has 7 heteroatoms.